The van der Waals surface area contributed by atoms with E-state index in [9.17, 15) is 14.4 Å². The van der Waals surface area contributed by atoms with E-state index in [1.807, 2.05) is 24.3 Å². The van der Waals surface area contributed by atoms with Gasteiger partial charge in [-0.1, -0.05) is 92.1 Å². The summed E-state index contributed by atoms with van der Waals surface area (Å²) in [5.74, 6) is -1.08. The number of carbonyl (C=O) groups is 3. The van der Waals surface area contributed by atoms with Crippen LogP contribution in [0.15, 0.2) is 47.5 Å². The summed E-state index contributed by atoms with van der Waals surface area (Å²) in [6, 6.07) is 10.9. The molecule has 3 amide bonds. The number of guanidine groups is 1. The van der Waals surface area contributed by atoms with E-state index >= 15 is 0 Å². The van der Waals surface area contributed by atoms with Gasteiger partial charge in [0.2, 0.25) is 17.7 Å². The average Bonchev–Trinajstić information content (AvgIpc) is 3.11. The Balaban J connectivity index is 1.53. The minimum atomic E-state index is -0.878. The Morgan fingerprint density at radius 1 is 0.780 bits per heavy atom. The number of benzene rings is 2. The SMILES string of the molecule is N=C(N)c1ccc(CC(C(=O)NC(C(=O)NC(CCCN=C(N)N)C(=O)NCc2ccc(Cl)c(Cl)c2)C2CCCCC2)C2CCCCC2)cc1. The maximum absolute atomic E-state index is 14.3. The number of carbonyl (C=O) groups excluding carboxylic acids is 3. The Morgan fingerprint density at radius 2 is 1.40 bits per heavy atom. The predicted molar refractivity (Wildman–Crippen MR) is 200 cm³/mol. The molecule has 4 rings (SSSR count). The Bertz CT molecular complexity index is 1490. The molecule has 2 saturated carbocycles. The van der Waals surface area contributed by atoms with Gasteiger partial charge in [-0.15, -0.1) is 0 Å². The number of hydrogen-bond donors (Lipinski definition) is 7. The van der Waals surface area contributed by atoms with E-state index < -0.39 is 12.1 Å². The van der Waals surface area contributed by atoms with Crippen LogP contribution in [-0.2, 0) is 27.3 Å². The molecule has 0 spiro atoms. The fraction of sp³-hybridized carbons (Fsp3) is 0.541. The Labute approximate surface area is 305 Å². The van der Waals surface area contributed by atoms with Crippen LogP contribution in [0.2, 0.25) is 10.0 Å². The van der Waals surface area contributed by atoms with Gasteiger partial charge in [0.1, 0.15) is 17.9 Å². The van der Waals surface area contributed by atoms with Crippen molar-refractivity contribution in [2.24, 2.45) is 39.9 Å². The second-order valence-electron chi connectivity index (χ2n) is 13.7. The van der Waals surface area contributed by atoms with Gasteiger partial charge in [-0.25, -0.2) is 0 Å². The molecule has 2 aliphatic carbocycles. The van der Waals surface area contributed by atoms with Crippen molar-refractivity contribution >= 4 is 52.7 Å². The Kier molecular flexibility index (Phi) is 15.2. The van der Waals surface area contributed by atoms with E-state index in [1.54, 1.807) is 18.2 Å². The molecule has 2 aromatic carbocycles. The quantitative estimate of drug-likeness (QED) is 0.0725. The van der Waals surface area contributed by atoms with Gasteiger partial charge in [0.15, 0.2) is 5.96 Å². The lowest BCUT2D eigenvalue weighted by atomic mass is 9.76. The van der Waals surface area contributed by atoms with Gasteiger partial charge in [-0.2, -0.15) is 0 Å². The fourth-order valence-electron chi connectivity index (χ4n) is 7.21. The number of nitrogens with one attached hydrogen (secondary N) is 4. The van der Waals surface area contributed by atoms with Crippen molar-refractivity contribution in [3.8, 4) is 0 Å². The van der Waals surface area contributed by atoms with Crippen LogP contribution < -0.4 is 33.2 Å². The summed E-state index contributed by atoms with van der Waals surface area (Å²) < 4.78 is 0. The van der Waals surface area contributed by atoms with Crippen molar-refractivity contribution in [2.75, 3.05) is 6.54 Å². The first-order valence-corrected chi connectivity index (χ1v) is 18.6. The zero-order chi connectivity index (χ0) is 36.0. The molecule has 0 radical (unpaired) electrons. The van der Waals surface area contributed by atoms with Crippen molar-refractivity contribution in [3.05, 3.63) is 69.2 Å². The summed E-state index contributed by atoms with van der Waals surface area (Å²) in [5, 5.41) is 17.6. The molecule has 0 saturated heterocycles. The third-order valence-electron chi connectivity index (χ3n) is 10.0. The van der Waals surface area contributed by atoms with Crippen LogP contribution in [0.4, 0.5) is 0 Å². The van der Waals surface area contributed by atoms with Gasteiger partial charge in [-0.3, -0.25) is 24.8 Å². The zero-order valence-electron chi connectivity index (χ0n) is 28.7. The Morgan fingerprint density at radius 3 is 2.00 bits per heavy atom. The first kappa shape index (κ1) is 39.0. The molecule has 0 bridgehead atoms. The van der Waals surface area contributed by atoms with Crippen LogP contribution in [-0.4, -0.2) is 48.1 Å². The molecule has 272 valence electrons. The van der Waals surface area contributed by atoms with Crippen molar-refractivity contribution in [1.82, 2.24) is 16.0 Å². The minimum absolute atomic E-state index is 0.00272. The lowest BCUT2D eigenvalue weighted by molar-refractivity contribution is -0.135. The molecule has 2 aliphatic rings. The number of halogens is 2. The van der Waals surface area contributed by atoms with Crippen LogP contribution in [0.3, 0.4) is 0 Å². The Hall–Kier alpha value is -3.83. The van der Waals surface area contributed by atoms with Crippen LogP contribution >= 0.6 is 23.2 Å². The van der Waals surface area contributed by atoms with E-state index in [2.05, 4.69) is 20.9 Å². The molecule has 2 fully saturated rings. The van der Waals surface area contributed by atoms with Crippen LogP contribution in [0, 0.1) is 23.2 Å². The first-order chi connectivity index (χ1) is 24.0. The average molecular weight is 728 g/mol. The topological polar surface area (TPSA) is 202 Å². The number of amides is 3. The molecule has 3 unspecified atom stereocenters. The molecule has 10 N–H and O–H groups in total. The second kappa shape index (κ2) is 19.5. The molecule has 0 aliphatic heterocycles. The highest BCUT2D eigenvalue weighted by Crippen LogP contribution is 2.33. The summed E-state index contributed by atoms with van der Waals surface area (Å²) in [6.45, 7) is 0.489. The molecule has 50 heavy (non-hydrogen) atoms. The molecular formula is C37H52Cl2N8O3. The van der Waals surface area contributed by atoms with E-state index in [0.717, 1.165) is 75.3 Å². The van der Waals surface area contributed by atoms with E-state index in [4.69, 9.17) is 45.8 Å². The van der Waals surface area contributed by atoms with Crippen LogP contribution in [0.25, 0.3) is 0 Å². The fourth-order valence-corrected chi connectivity index (χ4v) is 7.53. The van der Waals surface area contributed by atoms with Crippen molar-refractivity contribution in [2.45, 2.75) is 102 Å². The van der Waals surface area contributed by atoms with Gasteiger partial charge < -0.3 is 33.2 Å². The summed E-state index contributed by atoms with van der Waals surface area (Å²) in [6.07, 6.45) is 11.2. The molecule has 0 aromatic heterocycles. The van der Waals surface area contributed by atoms with Gasteiger partial charge in [-0.05, 0) is 80.0 Å². The summed E-state index contributed by atoms with van der Waals surface area (Å²) >= 11 is 12.2. The lowest BCUT2D eigenvalue weighted by Crippen LogP contribution is -2.57. The predicted octanol–water partition coefficient (Wildman–Crippen LogP) is 4.94. The maximum Gasteiger partial charge on any atom is 0.243 e. The van der Waals surface area contributed by atoms with Crippen LogP contribution in [0.5, 0.6) is 0 Å². The van der Waals surface area contributed by atoms with E-state index in [-0.39, 0.29) is 53.8 Å². The molecule has 13 heteroatoms. The smallest absolute Gasteiger partial charge is 0.243 e. The zero-order valence-corrected chi connectivity index (χ0v) is 30.2. The first-order valence-electron chi connectivity index (χ1n) is 17.8. The normalized spacial score (nSPS) is 17.2. The largest absolute Gasteiger partial charge is 0.384 e. The number of nitrogens with zero attached hydrogens (tertiary/aromatic N) is 1. The number of rotatable bonds is 16. The molecule has 11 nitrogen and oxygen atoms in total. The summed E-state index contributed by atoms with van der Waals surface area (Å²) in [4.78, 5) is 46.1. The summed E-state index contributed by atoms with van der Waals surface area (Å²) in [7, 11) is 0. The van der Waals surface area contributed by atoms with Crippen molar-refractivity contribution in [1.29, 1.82) is 5.41 Å². The number of amidine groups is 1. The molecule has 0 heterocycles. The lowest BCUT2D eigenvalue weighted by Gasteiger charge is -2.34. The molecule has 2 aromatic rings. The standard InChI is InChI=1S/C37H52Cl2N8O3/c38-29-18-15-24(21-30(29)39)22-45-35(49)31(12-7-19-44-37(42)43)46-36(50)32(26-10-5-2-6-11-26)47-34(48)28(25-8-3-1-4-9-25)20-23-13-16-27(17-14-23)33(40)41/h13-18,21,25-26,28,31-32H,1-12,19-20,22H2,(H3,40,41)(H,45,49)(H,46,50)(H,47,48)(H4,42,43,44). The monoisotopic (exact) mass is 726 g/mol. The van der Waals surface area contributed by atoms with Gasteiger partial charge in [0.05, 0.1) is 10.0 Å². The highest BCUT2D eigenvalue weighted by Gasteiger charge is 2.37. The van der Waals surface area contributed by atoms with Gasteiger partial charge in [0.25, 0.3) is 0 Å². The van der Waals surface area contributed by atoms with Crippen LogP contribution in [0.1, 0.15) is 93.7 Å². The highest BCUT2D eigenvalue weighted by molar-refractivity contribution is 6.42. The third-order valence-corrected chi connectivity index (χ3v) is 10.7. The minimum Gasteiger partial charge on any atom is -0.384 e. The molecule has 3 atom stereocenters. The second-order valence-corrected chi connectivity index (χ2v) is 14.5. The third kappa shape index (κ3) is 11.9. The van der Waals surface area contributed by atoms with E-state index in [0.29, 0.717) is 41.4 Å². The highest BCUT2D eigenvalue weighted by atomic mass is 35.5. The van der Waals surface area contributed by atoms with Gasteiger partial charge >= 0.3 is 0 Å². The maximum atomic E-state index is 14.3. The van der Waals surface area contributed by atoms with Crippen molar-refractivity contribution < 1.29 is 14.4 Å². The number of aliphatic imine (C=N–C) groups is 1. The van der Waals surface area contributed by atoms with Crippen molar-refractivity contribution in [3.63, 3.8) is 0 Å². The molecular weight excluding hydrogens is 675 g/mol. The number of nitrogen functional groups attached to an aromatic ring is 1. The number of hydrogen-bond acceptors (Lipinski definition) is 5. The number of nitrogens with two attached hydrogens (primary N) is 3. The van der Waals surface area contributed by atoms with Gasteiger partial charge in [0, 0.05) is 24.6 Å². The van der Waals surface area contributed by atoms with E-state index in [1.165, 1.54) is 0 Å². The summed E-state index contributed by atoms with van der Waals surface area (Å²) in [5.41, 5.74) is 19.1.